The second-order valence-electron chi connectivity index (χ2n) is 6.22. The number of hydrogen-bond acceptors (Lipinski definition) is 5. The minimum atomic E-state index is -0.765. The Balaban J connectivity index is 1.41. The van der Waals surface area contributed by atoms with E-state index in [0.717, 1.165) is 27.0 Å². The average molecular weight is 375 g/mol. The summed E-state index contributed by atoms with van der Waals surface area (Å²) in [6, 6.07) is 19.3. The molecule has 0 saturated carbocycles. The van der Waals surface area contributed by atoms with Crippen LogP contribution in [-0.4, -0.2) is 14.7 Å². The normalized spacial score (nSPS) is 10.7. The number of pyridine rings is 1. The first-order valence-electron chi connectivity index (χ1n) is 8.69. The zero-order valence-corrected chi connectivity index (χ0v) is 14.9. The molecule has 4 aromatic rings. The number of hydrogen-bond donors (Lipinski definition) is 1. The van der Waals surface area contributed by atoms with E-state index >= 15 is 0 Å². The van der Waals surface area contributed by atoms with Crippen molar-refractivity contribution < 1.29 is 9.26 Å². The molecule has 0 unspecified atom stereocenters. The van der Waals surface area contributed by atoms with Crippen molar-refractivity contribution in [3.8, 4) is 16.9 Å². The molecule has 0 radical (unpaired) electrons. The third-order valence-corrected chi connectivity index (χ3v) is 4.21. The van der Waals surface area contributed by atoms with Crippen LogP contribution >= 0.6 is 0 Å². The Bertz CT molecular complexity index is 1170. The summed E-state index contributed by atoms with van der Waals surface area (Å²) >= 11 is 0. The molecule has 0 atom stereocenters. The molecule has 140 valence electrons. The highest BCUT2D eigenvalue weighted by Crippen LogP contribution is 2.20. The van der Waals surface area contributed by atoms with Crippen molar-refractivity contribution in [3.05, 3.63) is 105 Å². The number of aromatic nitrogens is 3. The van der Waals surface area contributed by atoms with Gasteiger partial charge in [0.05, 0.1) is 6.54 Å². The van der Waals surface area contributed by atoms with E-state index in [4.69, 9.17) is 9.26 Å². The Labute approximate surface area is 159 Å². The van der Waals surface area contributed by atoms with E-state index in [-0.39, 0.29) is 6.54 Å². The highest BCUT2D eigenvalue weighted by Gasteiger charge is 2.05. The number of ether oxygens (including phenoxy) is 1. The van der Waals surface area contributed by atoms with E-state index in [1.165, 1.54) is 0 Å². The van der Waals surface area contributed by atoms with E-state index in [2.05, 4.69) is 16.0 Å². The summed E-state index contributed by atoms with van der Waals surface area (Å²) in [7, 11) is 0. The van der Waals surface area contributed by atoms with Crippen molar-refractivity contribution in [2.75, 3.05) is 0 Å². The molecule has 1 N–H and O–H groups in total. The molecule has 0 spiro atoms. The smallest absolute Gasteiger partial charge is 0.440 e. The summed E-state index contributed by atoms with van der Waals surface area (Å²) in [6.45, 7) is 0.602. The van der Waals surface area contributed by atoms with Gasteiger partial charge in [-0.25, -0.2) is 14.6 Å². The van der Waals surface area contributed by atoms with Gasteiger partial charge in [-0.15, -0.1) is 4.74 Å². The van der Waals surface area contributed by atoms with Crippen LogP contribution in [0, 0.1) is 0 Å². The van der Waals surface area contributed by atoms with Gasteiger partial charge in [0, 0.05) is 12.4 Å². The number of nitrogens with zero attached hydrogens (tertiary/aromatic N) is 2. The molecule has 0 aliphatic carbocycles. The molecular formula is C21H17N3O4. The number of H-pyrrole nitrogens is 1. The molecule has 28 heavy (non-hydrogen) atoms. The van der Waals surface area contributed by atoms with E-state index < -0.39 is 11.4 Å². The minimum absolute atomic E-state index is 0.172. The topological polar surface area (TPSA) is 90.1 Å². The molecule has 7 nitrogen and oxygen atoms in total. The highest BCUT2D eigenvalue weighted by atomic mass is 16.5. The van der Waals surface area contributed by atoms with Crippen molar-refractivity contribution in [1.82, 2.24) is 14.7 Å². The van der Waals surface area contributed by atoms with Crippen LogP contribution in [0.15, 0.2) is 87.2 Å². The molecular weight excluding hydrogens is 358 g/mol. The van der Waals surface area contributed by atoms with Crippen LogP contribution in [0.4, 0.5) is 0 Å². The molecule has 2 heterocycles. The lowest BCUT2D eigenvalue weighted by molar-refractivity contribution is 0.258. The van der Waals surface area contributed by atoms with Gasteiger partial charge in [0.25, 0.3) is 0 Å². The van der Waals surface area contributed by atoms with Gasteiger partial charge in [-0.05, 0) is 46.5 Å². The first-order chi connectivity index (χ1) is 13.7. The molecule has 7 heteroatoms. The first-order valence-corrected chi connectivity index (χ1v) is 8.69. The first kappa shape index (κ1) is 17.5. The van der Waals surface area contributed by atoms with Gasteiger partial charge in [0.1, 0.15) is 12.4 Å². The Morgan fingerprint density at radius 3 is 2.50 bits per heavy atom. The maximum atomic E-state index is 11.5. The predicted molar refractivity (Wildman–Crippen MR) is 103 cm³/mol. The molecule has 0 bridgehead atoms. The van der Waals surface area contributed by atoms with Gasteiger partial charge >= 0.3 is 11.4 Å². The van der Waals surface area contributed by atoms with Crippen LogP contribution in [0.3, 0.4) is 0 Å². The lowest BCUT2D eigenvalue weighted by Gasteiger charge is -2.09. The number of aromatic amines is 1. The Kier molecular flexibility index (Phi) is 4.88. The van der Waals surface area contributed by atoms with E-state index in [1.807, 2.05) is 60.8 Å². The lowest BCUT2D eigenvalue weighted by Crippen LogP contribution is -2.17. The summed E-state index contributed by atoms with van der Waals surface area (Å²) in [5, 5.41) is 0. The Hall–Kier alpha value is -3.87. The maximum Gasteiger partial charge on any atom is 0.440 e. The quantitative estimate of drug-likeness (QED) is 0.560. The second kappa shape index (κ2) is 7.79. The third kappa shape index (κ3) is 4.09. The van der Waals surface area contributed by atoms with Crippen LogP contribution in [0.1, 0.15) is 11.1 Å². The lowest BCUT2D eigenvalue weighted by atomic mass is 10.1. The van der Waals surface area contributed by atoms with Gasteiger partial charge in [-0.2, -0.15) is 0 Å². The Morgan fingerprint density at radius 2 is 1.79 bits per heavy atom. The second-order valence-corrected chi connectivity index (χ2v) is 6.22. The molecule has 2 aromatic carbocycles. The molecule has 4 rings (SSSR count). The summed E-state index contributed by atoms with van der Waals surface area (Å²) in [5.41, 5.74) is 3.43. The highest BCUT2D eigenvalue weighted by molar-refractivity contribution is 5.62. The molecule has 0 aliphatic heterocycles. The van der Waals surface area contributed by atoms with Crippen LogP contribution in [-0.2, 0) is 13.2 Å². The van der Waals surface area contributed by atoms with Crippen molar-refractivity contribution >= 4 is 0 Å². The van der Waals surface area contributed by atoms with Gasteiger partial charge in [0.2, 0.25) is 0 Å². The fourth-order valence-corrected chi connectivity index (χ4v) is 2.82. The molecule has 0 aliphatic rings. The van der Waals surface area contributed by atoms with E-state index in [9.17, 15) is 9.59 Å². The third-order valence-electron chi connectivity index (χ3n) is 4.21. The van der Waals surface area contributed by atoms with Gasteiger partial charge in [-0.3, -0.25) is 4.98 Å². The molecule has 0 amide bonds. The standard InChI is InChI=1S/C21H17N3O4/c25-20-23-21(26)28-24(20)13-15-6-8-19(9-7-15)27-14-16-3-1-4-17(11-16)18-5-2-10-22-12-18/h1-12H,13-14H2,(H,23,25,26). The van der Waals surface area contributed by atoms with Crippen LogP contribution in [0.25, 0.3) is 11.1 Å². The molecule has 2 aromatic heterocycles. The summed E-state index contributed by atoms with van der Waals surface area (Å²) < 4.78 is 11.6. The Morgan fingerprint density at radius 1 is 0.964 bits per heavy atom. The van der Waals surface area contributed by atoms with Gasteiger partial charge in [-0.1, -0.05) is 36.4 Å². The molecule has 0 fully saturated rings. The maximum absolute atomic E-state index is 11.5. The van der Waals surface area contributed by atoms with Gasteiger partial charge < -0.3 is 9.26 Å². The zero-order chi connectivity index (χ0) is 19.3. The van der Waals surface area contributed by atoms with Crippen molar-refractivity contribution in [1.29, 1.82) is 0 Å². The van der Waals surface area contributed by atoms with Gasteiger partial charge in [0.15, 0.2) is 0 Å². The van der Waals surface area contributed by atoms with E-state index in [1.54, 1.807) is 6.20 Å². The SMILES string of the molecule is O=c1[nH]c(=O)n(Cc2ccc(OCc3cccc(-c4cccnc4)c3)cc2)o1. The molecule has 0 saturated heterocycles. The van der Waals surface area contributed by atoms with Crippen LogP contribution in [0.5, 0.6) is 5.75 Å². The summed E-state index contributed by atoms with van der Waals surface area (Å²) in [6.07, 6.45) is 3.58. The minimum Gasteiger partial charge on any atom is -0.489 e. The zero-order valence-electron chi connectivity index (χ0n) is 14.9. The number of rotatable bonds is 6. The van der Waals surface area contributed by atoms with E-state index in [0.29, 0.717) is 12.4 Å². The van der Waals surface area contributed by atoms with Crippen molar-refractivity contribution in [2.24, 2.45) is 0 Å². The fourth-order valence-electron chi connectivity index (χ4n) is 2.82. The van der Waals surface area contributed by atoms with Crippen LogP contribution in [0.2, 0.25) is 0 Å². The van der Waals surface area contributed by atoms with Crippen LogP contribution < -0.4 is 16.2 Å². The predicted octanol–water partition coefficient (Wildman–Crippen LogP) is 2.82. The van der Waals surface area contributed by atoms with Crippen molar-refractivity contribution in [3.63, 3.8) is 0 Å². The summed E-state index contributed by atoms with van der Waals surface area (Å²) in [5.74, 6) is -0.0585. The summed E-state index contributed by atoms with van der Waals surface area (Å²) in [4.78, 5) is 28.7. The monoisotopic (exact) mass is 375 g/mol. The number of nitrogens with one attached hydrogen (secondary N) is 1. The number of benzene rings is 2. The average Bonchev–Trinajstić information content (AvgIpc) is 3.05. The fraction of sp³-hybridized carbons (Fsp3) is 0.0952. The van der Waals surface area contributed by atoms with Crippen molar-refractivity contribution in [2.45, 2.75) is 13.2 Å². The largest absolute Gasteiger partial charge is 0.489 e.